The minimum Gasteiger partial charge on any atom is -0.493 e. The number of aromatic nitrogens is 3. The first-order valence-electron chi connectivity index (χ1n) is 6.03. The highest BCUT2D eigenvalue weighted by Gasteiger charge is 2.19. The molecule has 1 aromatic carbocycles. The van der Waals surface area contributed by atoms with Gasteiger partial charge in [0.1, 0.15) is 0 Å². The van der Waals surface area contributed by atoms with Crippen LogP contribution < -0.4 is 5.41 Å². The summed E-state index contributed by atoms with van der Waals surface area (Å²) in [5, 5.41) is 22.1. The predicted molar refractivity (Wildman–Crippen MR) is 71.8 cm³/mol. The van der Waals surface area contributed by atoms with Crippen LogP contribution >= 0.6 is 0 Å². The van der Waals surface area contributed by atoms with E-state index in [0.717, 1.165) is 27.9 Å². The van der Waals surface area contributed by atoms with Crippen LogP contribution in [0.5, 0.6) is 5.88 Å². The highest BCUT2D eigenvalue weighted by atomic mass is 16.3. The topological polar surface area (TPSA) is 76.0 Å². The molecule has 3 N–H and O–H groups in total. The van der Waals surface area contributed by atoms with E-state index >= 15 is 0 Å². The van der Waals surface area contributed by atoms with E-state index in [0.29, 0.717) is 12.1 Å². The molecular weight excluding hydrogens is 240 g/mol. The Kier molecular flexibility index (Phi) is 1.84. The van der Waals surface area contributed by atoms with Crippen molar-refractivity contribution >= 4 is 28.2 Å². The van der Waals surface area contributed by atoms with Crippen molar-refractivity contribution in [3.63, 3.8) is 0 Å². The number of allylic oxidation sites excluding steroid dienone is 1. The number of nitrogens with zero attached hydrogens (tertiary/aromatic N) is 3. The summed E-state index contributed by atoms with van der Waals surface area (Å²) in [6, 6.07) is 7.59. The molecule has 0 spiro atoms. The molecule has 0 radical (unpaired) electrons. The Morgan fingerprint density at radius 3 is 2.79 bits per heavy atom. The van der Waals surface area contributed by atoms with Gasteiger partial charge in [0.15, 0.2) is 11.4 Å². The standard InChI is InChI=1S/C14H10N4O/c15-8-5-6-11-12(7-8)17-18-13(16-11)9-3-1-2-4-10(9)14(18)19/h1-6,15,19H,7H2/p+1. The Balaban J connectivity index is 2.17. The molecule has 92 valence electrons. The summed E-state index contributed by atoms with van der Waals surface area (Å²) >= 11 is 0. The third kappa shape index (κ3) is 1.32. The summed E-state index contributed by atoms with van der Waals surface area (Å²) in [5.41, 5.74) is 3.00. The van der Waals surface area contributed by atoms with Gasteiger partial charge in [-0.2, -0.15) is 9.61 Å². The quantitative estimate of drug-likeness (QED) is 0.605. The maximum atomic E-state index is 10.2. The van der Waals surface area contributed by atoms with E-state index in [1.165, 1.54) is 4.52 Å². The van der Waals surface area contributed by atoms with Crippen LogP contribution in [0.3, 0.4) is 0 Å². The molecular formula is C14H11N4O+. The van der Waals surface area contributed by atoms with Crippen LogP contribution in [-0.4, -0.2) is 25.4 Å². The van der Waals surface area contributed by atoms with Crippen molar-refractivity contribution in [3.8, 4) is 5.88 Å². The molecule has 2 heterocycles. The normalized spacial score (nSPS) is 14.2. The van der Waals surface area contributed by atoms with E-state index in [9.17, 15) is 5.11 Å². The van der Waals surface area contributed by atoms with Crippen LogP contribution in [0.25, 0.3) is 22.5 Å². The predicted octanol–water partition coefficient (Wildman–Crippen LogP) is 0.357. The second-order valence-electron chi connectivity index (χ2n) is 4.63. The number of aromatic hydroxyl groups is 1. The number of hydrogen-bond acceptors (Lipinski definition) is 3. The zero-order chi connectivity index (χ0) is 13.0. The lowest BCUT2D eigenvalue weighted by Crippen LogP contribution is -2.40. The molecule has 0 fully saturated rings. The van der Waals surface area contributed by atoms with Crippen molar-refractivity contribution in [2.24, 2.45) is 0 Å². The van der Waals surface area contributed by atoms with Crippen molar-refractivity contribution in [3.05, 3.63) is 41.7 Å². The van der Waals surface area contributed by atoms with Gasteiger partial charge < -0.3 is 5.11 Å². The van der Waals surface area contributed by atoms with Gasteiger partial charge >= 0.3 is 0 Å². The van der Waals surface area contributed by atoms with E-state index in [4.69, 9.17) is 5.41 Å². The van der Waals surface area contributed by atoms with Crippen LogP contribution in [0.1, 0.15) is 11.4 Å². The van der Waals surface area contributed by atoms with Gasteiger partial charge in [-0.25, -0.2) is 4.98 Å². The molecule has 4 rings (SSSR count). The Morgan fingerprint density at radius 2 is 1.95 bits per heavy atom. The van der Waals surface area contributed by atoms with Crippen molar-refractivity contribution in [2.75, 3.05) is 0 Å². The first kappa shape index (κ1) is 10.3. The Bertz CT molecular complexity index is 876. The summed E-state index contributed by atoms with van der Waals surface area (Å²) in [6.07, 6.45) is 4.27. The van der Waals surface area contributed by atoms with Gasteiger partial charge in [-0.3, -0.25) is 5.41 Å². The van der Waals surface area contributed by atoms with E-state index in [-0.39, 0.29) is 5.88 Å². The largest absolute Gasteiger partial charge is 0.493 e. The minimum atomic E-state index is 0.119. The fourth-order valence-corrected chi connectivity index (χ4v) is 2.45. The number of rotatable bonds is 0. The van der Waals surface area contributed by atoms with E-state index < -0.39 is 0 Å². The third-order valence-electron chi connectivity index (χ3n) is 3.38. The fraction of sp³-hybridized carbons (Fsp3) is 0.0714. The lowest BCUT2D eigenvalue weighted by atomic mass is 10.1. The Labute approximate surface area is 108 Å². The maximum Gasteiger partial charge on any atom is 0.222 e. The van der Waals surface area contributed by atoms with Gasteiger partial charge in [0.05, 0.1) is 17.8 Å². The van der Waals surface area contributed by atoms with Crippen LogP contribution in [0.2, 0.25) is 0 Å². The summed E-state index contributed by atoms with van der Waals surface area (Å²) in [6.45, 7) is 0. The van der Waals surface area contributed by atoms with Gasteiger partial charge in [0.25, 0.3) is 0 Å². The van der Waals surface area contributed by atoms with Crippen molar-refractivity contribution in [1.29, 1.82) is 0 Å². The zero-order valence-electron chi connectivity index (χ0n) is 10.0. The van der Waals surface area contributed by atoms with Crippen LogP contribution in [0.15, 0.2) is 30.3 Å². The maximum absolute atomic E-state index is 10.2. The third-order valence-corrected chi connectivity index (χ3v) is 3.38. The molecule has 0 saturated heterocycles. The summed E-state index contributed by atoms with van der Waals surface area (Å²) < 4.78 is 1.48. The second kappa shape index (κ2) is 3.41. The van der Waals surface area contributed by atoms with Gasteiger partial charge in [-0.1, -0.05) is 18.2 Å². The van der Waals surface area contributed by atoms with Gasteiger partial charge in [0, 0.05) is 16.8 Å². The van der Waals surface area contributed by atoms with Crippen molar-refractivity contribution < 1.29 is 10.5 Å². The zero-order valence-corrected chi connectivity index (χ0v) is 10.0. The van der Waals surface area contributed by atoms with Crippen molar-refractivity contribution in [2.45, 2.75) is 6.42 Å². The van der Waals surface area contributed by atoms with Crippen LogP contribution in [0, 0.1) is 0 Å². The Morgan fingerprint density at radius 1 is 1.16 bits per heavy atom. The van der Waals surface area contributed by atoms with Crippen LogP contribution in [-0.2, 0) is 6.42 Å². The van der Waals surface area contributed by atoms with Gasteiger partial charge in [0.2, 0.25) is 5.88 Å². The highest BCUT2D eigenvalue weighted by molar-refractivity contribution is 6.01. The number of hydrogen-bond donors (Lipinski definition) is 2. The van der Waals surface area contributed by atoms with E-state index in [1.54, 1.807) is 0 Å². The molecule has 19 heavy (non-hydrogen) atoms. The molecule has 1 aliphatic carbocycles. The first-order chi connectivity index (χ1) is 9.24. The van der Waals surface area contributed by atoms with Gasteiger partial charge in [-0.05, 0) is 12.1 Å². The number of nitrogens with two attached hydrogens (primary N) is 1. The average molecular weight is 251 g/mol. The van der Waals surface area contributed by atoms with Crippen LogP contribution in [0.4, 0.5) is 0 Å². The molecule has 1 aliphatic rings. The molecule has 0 unspecified atom stereocenters. The molecule has 0 amide bonds. The highest BCUT2D eigenvalue weighted by Crippen LogP contribution is 2.30. The first-order valence-corrected chi connectivity index (χ1v) is 6.03. The number of fused-ring (bicyclic) bond motifs is 4. The van der Waals surface area contributed by atoms with E-state index in [1.807, 2.05) is 36.4 Å². The molecule has 5 nitrogen and oxygen atoms in total. The summed E-state index contributed by atoms with van der Waals surface area (Å²) in [4.78, 5) is 4.58. The van der Waals surface area contributed by atoms with Crippen molar-refractivity contribution in [1.82, 2.24) is 14.6 Å². The molecule has 0 aliphatic heterocycles. The monoisotopic (exact) mass is 251 g/mol. The Hall–Kier alpha value is -2.69. The molecule has 0 atom stereocenters. The minimum absolute atomic E-state index is 0.119. The molecule has 0 saturated carbocycles. The summed E-state index contributed by atoms with van der Waals surface area (Å²) in [5.74, 6) is 0.119. The fourth-order valence-electron chi connectivity index (χ4n) is 2.45. The second-order valence-corrected chi connectivity index (χ2v) is 4.63. The van der Waals surface area contributed by atoms with Gasteiger partial charge in [-0.15, -0.1) is 0 Å². The lowest BCUT2D eigenvalue weighted by Gasteiger charge is -2.07. The van der Waals surface area contributed by atoms with E-state index in [2.05, 4.69) is 10.1 Å². The average Bonchev–Trinajstić information content (AvgIpc) is 2.70. The number of benzene rings is 1. The summed E-state index contributed by atoms with van der Waals surface area (Å²) in [7, 11) is 0. The molecule has 2 aromatic heterocycles. The molecule has 5 heteroatoms. The SMILES string of the molecule is [NH2+]=C1C=Cc2nc3c4ccccc4c(O)n3nc2C1. The smallest absolute Gasteiger partial charge is 0.222 e. The lowest BCUT2D eigenvalue weighted by molar-refractivity contribution is -0.114. The molecule has 3 aromatic rings. The molecule has 0 bridgehead atoms.